The molecule has 0 bridgehead atoms. The molecule has 0 aromatic heterocycles. The fraction of sp³-hybridized carbons (Fsp3) is 0.875. The second-order valence-electron chi connectivity index (χ2n) is 2.67. The van der Waals surface area contributed by atoms with Crippen molar-refractivity contribution in [3.8, 4) is 0 Å². The Labute approximate surface area is 78.7 Å². The minimum Gasteiger partial charge on any atom is -0.457 e. The summed E-state index contributed by atoms with van der Waals surface area (Å²) in [5.74, 6) is 0.0726. The van der Waals surface area contributed by atoms with Crippen LogP contribution in [0.2, 0.25) is 0 Å². The summed E-state index contributed by atoms with van der Waals surface area (Å²) in [6.07, 6.45) is -0.103. The smallest absolute Gasteiger partial charge is 0.352 e. The Morgan fingerprint density at radius 2 is 2.08 bits per heavy atom. The van der Waals surface area contributed by atoms with Gasteiger partial charge < -0.3 is 14.6 Å². The number of aliphatic hydroxyl groups excluding tert-OH is 1. The first-order valence-corrected chi connectivity index (χ1v) is 4.46. The van der Waals surface area contributed by atoms with Gasteiger partial charge in [0.15, 0.2) is 0 Å². The van der Waals surface area contributed by atoms with Crippen molar-refractivity contribution < 1.29 is 14.6 Å². The molecule has 0 aliphatic heterocycles. The van der Waals surface area contributed by atoms with E-state index in [0.717, 1.165) is 0 Å². The third kappa shape index (κ3) is 4.51. The first-order valence-electron chi connectivity index (χ1n) is 4.06. The monoisotopic (exact) mass is 192 g/mol. The molecule has 0 saturated heterocycles. The van der Waals surface area contributed by atoms with E-state index in [-0.39, 0.29) is 23.9 Å². The molecule has 0 amide bonds. The van der Waals surface area contributed by atoms with Crippen molar-refractivity contribution in [1.29, 1.82) is 0 Å². The van der Waals surface area contributed by atoms with Crippen LogP contribution in [0, 0.1) is 5.92 Å². The van der Waals surface area contributed by atoms with Gasteiger partial charge in [0, 0.05) is 24.7 Å². The van der Waals surface area contributed by atoms with Gasteiger partial charge in [-0.15, -0.1) is 0 Å². The Hall–Kier alpha value is -0.350. The van der Waals surface area contributed by atoms with Crippen LogP contribution in [-0.4, -0.2) is 29.7 Å². The highest BCUT2D eigenvalue weighted by molar-refractivity contribution is 7.79. The molecule has 0 aromatic carbocycles. The van der Waals surface area contributed by atoms with Gasteiger partial charge in [-0.3, -0.25) is 0 Å². The van der Waals surface area contributed by atoms with Gasteiger partial charge in [0.2, 0.25) is 0 Å². The molecule has 4 heteroatoms. The van der Waals surface area contributed by atoms with E-state index in [0.29, 0.717) is 6.61 Å². The van der Waals surface area contributed by atoms with Crippen LogP contribution < -0.4 is 0 Å². The molecule has 12 heavy (non-hydrogen) atoms. The van der Waals surface area contributed by atoms with Crippen molar-refractivity contribution in [2.75, 3.05) is 13.2 Å². The highest BCUT2D eigenvalue weighted by Crippen LogP contribution is 2.06. The minimum absolute atomic E-state index is 0.0726. The number of hydrogen-bond donors (Lipinski definition) is 1. The average molecular weight is 192 g/mol. The van der Waals surface area contributed by atoms with Crippen molar-refractivity contribution in [1.82, 2.24) is 0 Å². The summed E-state index contributed by atoms with van der Waals surface area (Å²) in [6.45, 7) is 6.19. The summed E-state index contributed by atoms with van der Waals surface area (Å²) in [5, 5.41) is 8.94. The third-order valence-corrected chi connectivity index (χ3v) is 1.85. The van der Waals surface area contributed by atoms with Crippen LogP contribution in [0.4, 0.5) is 0 Å². The third-order valence-electron chi connectivity index (χ3n) is 1.63. The largest absolute Gasteiger partial charge is 0.457 e. The normalized spacial score (nSPS) is 15.0. The molecule has 0 heterocycles. The fourth-order valence-corrected chi connectivity index (χ4v) is 0.838. The summed E-state index contributed by atoms with van der Waals surface area (Å²) in [7, 11) is 0. The zero-order valence-electron chi connectivity index (χ0n) is 7.74. The van der Waals surface area contributed by atoms with E-state index in [1.54, 1.807) is 0 Å². The van der Waals surface area contributed by atoms with Crippen LogP contribution in [0.1, 0.15) is 20.8 Å². The van der Waals surface area contributed by atoms with Gasteiger partial charge in [-0.05, 0) is 13.8 Å². The van der Waals surface area contributed by atoms with Crippen molar-refractivity contribution >= 4 is 17.5 Å². The number of ether oxygens (including phenoxy) is 2. The Morgan fingerprint density at radius 1 is 1.50 bits per heavy atom. The molecule has 72 valence electrons. The molecule has 2 atom stereocenters. The topological polar surface area (TPSA) is 38.7 Å². The van der Waals surface area contributed by atoms with Crippen molar-refractivity contribution in [2.24, 2.45) is 5.92 Å². The van der Waals surface area contributed by atoms with E-state index in [1.165, 1.54) is 0 Å². The number of hydrogen-bond acceptors (Lipinski definition) is 4. The molecular weight excluding hydrogens is 176 g/mol. The summed E-state index contributed by atoms with van der Waals surface area (Å²) in [5.41, 5.74) is 0. The van der Waals surface area contributed by atoms with E-state index in [1.807, 2.05) is 20.8 Å². The average Bonchev–Trinajstić information content (AvgIpc) is 2.03. The van der Waals surface area contributed by atoms with Crippen LogP contribution in [0.5, 0.6) is 0 Å². The molecule has 0 saturated carbocycles. The molecular formula is C8H16O3S. The van der Waals surface area contributed by atoms with Gasteiger partial charge >= 0.3 is 5.24 Å². The maximum Gasteiger partial charge on any atom is 0.352 e. The van der Waals surface area contributed by atoms with E-state index >= 15 is 0 Å². The first kappa shape index (κ1) is 11.6. The van der Waals surface area contributed by atoms with Crippen molar-refractivity contribution in [2.45, 2.75) is 26.9 Å². The minimum atomic E-state index is -0.103. The predicted molar refractivity (Wildman–Crippen MR) is 51.0 cm³/mol. The van der Waals surface area contributed by atoms with Gasteiger partial charge in [0.05, 0.1) is 6.61 Å². The summed E-state index contributed by atoms with van der Waals surface area (Å²) in [6, 6.07) is 0. The lowest BCUT2D eigenvalue weighted by Gasteiger charge is -2.19. The zero-order chi connectivity index (χ0) is 9.56. The molecule has 1 N–H and O–H groups in total. The highest BCUT2D eigenvalue weighted by atomic mass is 32.1. The lowest BCUT2D eigenvalue weighted by atomic mass is 10.1. The maximum atomic E-state index is 8.78. The van der Waals surface area contributed by atoms with Crippen LogP contribution in [-0.2, 0) is 9.47 Å². The molecule has 0 radical (unpaired) electrons. The standard InChI is InChI=1S/C8H16O3S/c1-4-10-8(12)11-7(3)6(2)5-9/h6-7,9H,4-5H2,1-3H3/t6?,7-/m0/s1. The SMILES string of the molecule is CCOC(=S)O[C@@H](C)C(C)CO. The zero-order valence-corrected chi connectivity index (χ0v) is 8.56. The molecule has 0 rings (SSSR count). The molecule has 0 aromatic rings. The molecule has 0 aliphatic carbocycles. The predicted octanol–water partition coefficient (Wildman–Crippen LogP) is 1.34. The lowest BCUT2D eigenvalue weighted by molar-refractivity contribution is 0.0694. The molecule has 0 fully saturated rings. The van der Waals surface area contributed by atoms with Crippen LogP contribution in [0.25, 0.3) is 0 Å². The molecule has 3 nitrogen and oxygen atoms in total. The molecule has 1 unspecified atom stereocenters. The van der Waals surface area contributed by atoms with Gasteiger partial charge in [-0.1, -0.05) is 6.92 Å². The molecule has 0 aliphatic rings. The fourth-order valence-electron chi connectivity index (χ4n) is 0.568. The van der Waals surface area contributed by atoms with Crippen molar-refractivity contribution in [3.05, 3.63) is 0 Å². The highest BCUT2D eigenvalue weighted by Gasteiger charge is 2.14. The van der Waals surface area contributed by atoms with Gasteiger partial charge in [-0.2, -0.15) is 0 Å². The maximum absolute atomic E-state index is 8.78. The summed E-state index contributed by atoms with van der Waals surface area (Å²) >= 11 is 4.77. The lowest BCUT2D eigenvalue weighted by Crippen LogP contribution is -2.24. The number of rotatable bonds is 4. The molecule has 0 spiro atoms. The quantitative estimate of drug-likeness (QED) is 0.682. The van der Waals surface area contributed by atoms with E-state index in [4.69, 9.17) is 26.8 Å². The Kier molecular flexibility index (Phi) is 6.02. The second-order valence-corrected chi connectivity index (χ2v) is 3.00. The first-order chi connectivity index (χ1) is 5.61. The number of aliphatic hydroxyl groups is 1. The van der Waals surface area contributed by atoms with Crippen molar-refractivity contribution in [3.63, 3.8) is 0 Å². The Balaban J connectivity index is 3.67. The van der Waals surface area contributed by atoms with Gasteiger partial charge in [-0.25, -0.2) is 0 Å². The van der Waals surface area contributed by atoms with E-state index < -0.39 is 0 Å². The van der Waals surface area contributed by atoms with E-state index in [2.05, 4.69) is 0 Å². The second kappa shape index (κ2) is 6.20. The van der Waals surface area contributed by atoms with Gasteiger partial charge in [0.25, 0.3) is 0 Å². The number of thiocarbonyl (C=S) groups is 1. The van der Waals surface area contributed by atoms with Gasteiger partial charge in [0.1, 0.15) is 6.10 Å². The Bertz CT molecular complexity index is 138. The van der Waals surface area contributed by atoms with Crippen LogP contribution >= 0.6 is 12.2 Å². The Morgan fingerprint density at radius 3 is 2.50 bits per heavy atom. The van der Waals surface area contributed by atoms with Crippen LogP contribution in [0.3, 0.4) is 0 Å². The van der Waals surface area contributed by atoms with E-state index in [9.17, 15) is 0 Å². The van der Waals surface area contributed by atoms with Crippen LogP contribution in [0.15, 0.2) is 0 Å². The summed E-state index contributed by atoms with van der Waals surface area (Å²) in [4.78, 5) is 0. The summed E-state index contributed by atoms with van der Waals surface area (Å²) < 4.78 is 10.1.